The maximum absolute atomic E-state index is 13.0. The molecule has 10 nitrogen and oxygen atoms in total. The maximum Gasteiger partial charge on any atom is 0.298 e. The molecular weight excluding hydrogens is 484 g/mol. The second kappa shape index (κ2) is 9.21. The Morgan fingerprint density at radius 2 is 1.82 bits per heavy atom. The summed E-state index contributed by atoms with van der Waals surface area (Å²) >= 11 is 6.01. The minimum Gasteiger partial charge on any atom is -0.508 e. The number of anilines is 1. The average molecular weight is 501 g/mol. The second-order valence-electron chi connectivity index (χ2n) is 7.17. The highest BCUT2D eigenvalue weighted by Gasteiger charge is 2.35. The van der Waals surface area contributed by atoms with Crippen LogP contribution in [0.5, 0.6) is 17.2 Å². The molecule has 1 unspecified atom stereocenters. The van der Waals surface area contributed by atoms with Gasteiger partial charge in [-0.05, 0) is 49.4 Å². The monoisotopic (exact) mass is 500 g/mol. The number of benzene rings is 3. The third-order valence-electron chi connectivity index (χ3n) is 4.73. The molecule has 34 heavy (non-hydrogen) atoms. The van der Waals surface area contributed by atoms with E-state index in [9.17, 15) is 22.9 Å². The first-order chi connectivity index (χ1) is 16.1. The van der Waals surface area contributed by atoms with E-state index in [1.165, 1.54) is 30.3 Å². The van der Waals surface area contributed by atoms with Gasteiger partial charge >= 0.3 is 0 Å². The number of carbonyl (C=O) groups excluding carboxylic acids is 1. The molecule has 0 fully saturated rings. The maximum atomic E-state index is 13.0. The second-order valence-corrected chi connectivity index (χ2v) is 8.96. The number of phenols is 1. The van der Waals surface area contributed by atoms with Crippen LogP contribution in [0.1, 0.15) is 6.92 Å². The zero-order chi connectivity index (χ0) is 24.5. The van der Waals surface area contributed by atoms with Crippen LogP contribution in [0.15, 0.2) is 87.0 Å². The highest BCUT2D eigenvalue weighted by atomic mass is 35.5. The Balaban J connectivity index is 1.63. The van der Waals surface area contributed by atoms with Crippen LogP contribution in [0.25, 0.3) is 0 Å². The van der Waals surface area contributed by atoms with E-state index in [2.05, 4.69) is 15.3 Å². The molecule has 1 aliphatic rings. The Hall–Kier alpha value is -3.80. The van der Waals surface area contributed by atoms with E-state index in [1.54, 1.807) is 37.3 Å². The van der Waals surface area contributed by atoms with Crippen molar-refractivity contribution >= 4 is 44.7 Å². The number of ether oxygens (including phenoxy) is 1. The molecule has 0 aliphatic carbocycles. The zero-order valence-corrected chi connectivity index (χ0v) is 19.1. The van der Waals surface area contributed by atoms with Crippen molar-refractivity contribution in [2.24, 2.45) is 15.3 Å². The average Bonchev–Trinajstić information content (AvgIpc) is 3.07. The number of amides is 1. The highest BCUT2D eigenvalue weighted by molar-refractivity contribution is 7.86. The molecule has 0 bridgehead atoms. The lowest BCUT2D eigenvalue weighted by molar-refractivity contribution is -0.117. The van der Waals surface area contributed by atoms with Crippen molar-refractivity contribution in [3.05, 3.63) is 71.8 Å². The van der Waals surface area contributed by atoms with E-state index in [4.69, 9.17) is 16.3 Å². The Morgan fingerprint density at radius 3 is 2.50 bits per heavy atom. The largest absolute Gasteiger partial charge is 0.508 e. The van der Waals surface area contributed by atoms with Gasteiger partial charge in [0.1, 0.15) is 27.8 Å². The molecule has 1 heterocycles. The number of hydrogen-bond donors (Lipinski definition) is 2. The van der Waals surface area contributed by atoms with Gasteiger partial charge in [-0.25, -0.2) is 0 Å². The molecule has 0 spiro atoms. The van der Waals surface area contributed by atoms with Gasteiger partial charge in [-0.1, -0.05) is 29.8 Å². The van der Waals surface area contributed by atoms with Crippen LogP contribution in [0.2, 0.25) is 5.02 Å². The van der Waals surface area contributed by atoms with Crippen LogP contribution >= 0.6 is 11.6 Å². The number of nitrogens with zero attached hydrogens (tertiary/aromatic N) is 4. The molecule has 1 atom stereocenters. The Kier molecular flexibility index (Phi) is 6.33. The fraction of sp³-hybridized carbons (Fsp3) is 0.0909. The van der Waals surface area contributed by atoms with Crippen LogP contribution < -0.4 is 9.75 Å². The van der Waals surface area contributed by atoms with Crippen molar-refractivity contribution in [1.29, 1.82) is 0 Å². The quantitative estimate of drug-likeness (QED) is 0.362. The van der Waals surface area contributed by atoms with Crippen molar-refractivity contribution in [2.75, 3.05) is 5.01 Å². The summed E-state index contributed by atoms with van der Waals surface area (Å²) in [5.41, 5.74) is 0.633. The first kappa shape index (κ1) is 23.4. The highest BCUT2D eigenvalue weighted by Crippen LogP contribution is 2.34. The van der Waals surface area contributed by atoms with Gasteiger partial charge in [-0.15, -0.1) is 0 Å². The van der Waals surface area contributed by atoms with Crippen molar-refractivity contribution in [3.8, 4) is 17.2 Å². The van der Waals surface area contributed by atoms with Gasteiger partial charge in [0.25, 0.3) is 16.0 Å². The standard InChI is InChI=1S/C22H17ClN4O6S/c1-13-21(25-24-18-9-8-15(28)12-17(18)23)22(29)27(26-13)14-7-10-19(20(11-14)34(30,31)32)33-16-5-3-2-4-6-16/h2-12,21,28H,1H3,(H,30,31,32). The summed E-state index contributed by atoms with van der Waals surface area (Å²) in [6.07, 6.45) is 0. The predicted octanol–water partition coefficient (Wildman–Crippen LogP) is 4.96. The first-order valence-corrected chi connectivity index (χ1v) is 11.6. The SMILES string of the molecule is CC1=NN(c2ccc(Oc3ccccc3)c(S(=O)(=O)O)c2)C(=O)C1N=Nc1ccc(O)cc1Cl. The molecular formula is C22H17ClN4O6S. The summed E-state index contributed by atoms with van der Waals surface area (Å²) in [5, 5.41) is 22.7. The number of phenolic OH excluding ortho intramolecular Hbond substituents is 1. The van der Waals surface area contributed by atoms with Crippen molar-refractivity contribution in [3.63, 3.8) is 0 Å². The molecule has 0 saturated carbocycles. The van der Waals surface area contributed by atoms with E-state index >= 15 is 0 Å². The van der Waals surface area contributed by atoms with Gasteiger partial charge in [-0.3, -0.25) is 9.35 Å². The summed E-state index contributed by atoms with van der Waals surface area (Å²) in [5.74, 6) is -0.393. The van der Waals surface area contributed by atoms with E-state index in [1.807, 2.05) is 0 Å². The van der Waals surface area contributed by atoms with E-state index in [-0.39, 0.29) is 27.9 Å². The third-order valence-corrected chi connectivity index (χ3v) is 5.91. The summed E-state index contributed by atoms with van der Waals surface area (Å²) in [6.45, 7) is 1.57. The van der Waals surface area contributed by atoms with Crippen molar-refractivity contribution in [1.82, 2.24) is 0 Å². The molecule has 0 saturated heterocycles. The lowest BCUT2D eigenvalue weighted by Crippen LogP contribution is -2.29. The molecule has 3 aromatic carbocycles. The van der Waals surface area contributed by atoms with Crippen LogP contribution in [-0.2, 0) is 14.9 Å². The van der Waals surface area contributed by atoms with Crippen LogP contribution in [0.4, 0.5) is 11.4 Å². The van der Waals surface area contributed by atoms with Crippen LogP contribution in [0.3, 0.4) is 0 Å². The van der Waals surface area contributed by atoms with Gasteiger partial charge < -0.3 is 9.84 Å². The lowest BCUT2D eigenvalue weighted by atomic mass is 10.2. The number of rotatable bonds is 6. The normalized spacial score (nSPS) is 16.2. The van der Waals surface area contributed by atoms with E-state index in [0.29, 0.717) is 11.5 Å². The summed E-state index contributed by atoms with van der Waals surface area (Å²) in [4.78, 5) is 12.4. The molecule has 0 radical (unpaired) electrons. The molecule has 174 valence electrons. The number of hydrogen-bond acceptors (Lipinski definition) is 8. The molecule has 1 amide bonds. The lowest BCUT2D eigenvalue weighted by Gasteiger charge is -2.15. The smallest absolute Gasteiger partial charge is 0.298 e. The Labute approximate surface area is 199 Å². The van der Waals surface area contributed by atoms with Crippen molar-refractivity contribution in [2.45, 2.75) is 17.9 Å². The molecule has 12 heteroatoms. The van der Waals surface area contributed by atoms with Crippen molar-refractivity contribution < 1.29 is 27.6 Å². The van der Waals surface area contributed by atoms with E-state index in [0.717, 1.165) is 11.1 Å². The minimum absolute atomic E-state index is 0.0425. The molecule has 1 aliphatic heterocycles. The number of hydrazone groups is 1. The fourth-order valence-electron chi connectivity index (χ4n) is 3.10. The van der Waals surface area contributed by atoms with Gasteiger partial charge in [0.2, 0.25) is 0 Å². The number of carbonyl (C=O) groups is 1. The number of azo groups is 1. The Bertz CT molecular complexity index is 1430. The van der Waals surface area contributed by atoms with Gasteiger partial charge in [0.15, 0.2) is 6.04 Å². The van der Waals surface area contributed by atoms with E-state index < -0.39 is 27.0 Å². The molecule has 0 aromatic heterocycles. The summed E-state index contributed by atoms with van der Waals surface area (Å²) in [7, 11) is -4.69. The minimum atomic E-state index is -4.69. The number of aromatic hydroxyl groups is 1. The fourth-order valence-corrected chi connectivity index (χ4v) is 3.95. The summed E-state index contributed by atoms with van der Waals surface area (Å²) < 4.78 is 39.3. The molecule has 4 rings (SSSR count). The number of halogens is 1. The predicted molar refractivity (Wildman–Crippen MR) is 125 cm³/mol. The van der Waals surface area contributed by atoms with Gasteiger partial charge in [0.05, 0.1) is 16.4 Å². The first-order valence-electron chi connectivity index (χ1n) is 9.76. The zero-order valence-electron chi connectivity index (χ0n) is 17.5. The Morgan fingerprint density at radius 1 is 1.09 bits per heavy atom. The third kappa shape index (κ3) is 4.91. The summed E-state index contributed by atoms with van der Waals surface area (Å²) in [6, 6.07) is 15.3. The van der Waals surface area contributed by atoms with Gasteiger partial charge in [-0.2, -0.15) is 28.8 Å². The topological polar surface area (TPSA) is 141 Å². The van der Waals surface area contributed by atoms with Crippen LogP contribution in [0, 0.1) is 0 Å². The van der Waals surface area contributed by atoms with Crippen LogP contribution in [-0.4, -0.2) is 35.7 Å². The van der Waals surface area contributed by atoms with Gasteiger partial charge in [0, 0.05) is 6.07 Å². The number of para-hydroxylation sites is 1. The molecule has 2 N–H and O–H groups in total. The molecule has 3 aromatic rings.